The lowest BCUT2D eigenvalue weighted by Gasteiger charge is -2.19. The van der Waals surface area contributed by atoms with Gasteiger partial charge in [0.2, 0.25) is 0 Å². The van der Waals surface area contributed by atoms with Gasteiger partial charge in [-0.2, -0.15) is 0 Å². The zero-order valence-corrected chi connectivity index (χ0v) is 22.8. The molecular formula is C35H31NO5. The third-order valence-corrected chi connectivity index (χ3v) is 6.75. The molecule has 0 radical (unpaired) electrons. The summed E-state index contributed by atoms with van der Waals surface area (Å²) in [5, 5.41) is 4.64. The third kappa shape index (κ3) is 7.11. The van der Waals surface area contributed by atoms with E-state index in [1.807, 2.05) is 115 Å². The van der Waals surface area contributed by atoms with Crippen LogP contribution in [0.2, 0.25) is 0 Å². The van der Waals surface area contributed by atoms with Crippen LogP contribution in [0.5, 0.6) is 11.5 Å². The number of methoxy groups -OCH3 is 1. The standard InChI is InChI=1S/C35H31NO5/c1-39-35(38)31(36-34(37)30-18-10-16-28-15-8-9-17-29(28)30)21-27-19-20-32(40-23-25-11-4-2-5-12-25)33(22-27)41-24-26-13-6-3-7-14-26/h2-20,22,31H,21,23-24H2,1H3,(H,36,37)/t31-/m0/s1. The van der Waals surface area contributed by atoms with Crippen molar-refractivity contribution in [1.29, 1.82) is 0 Å². The molecule has 0 heterocycles. The SMILES string of the molecule is COC(=O)[C@H](Cc1ccc(OCc2ccccc2)c(OCc2ccccc2)c1)NC(=O)c1cccc2ccccc12. The van der Waals surface area contributed by atoms with Crippen LogP contribution in [0.15, 0.2) is 121 Å². The highest BCUT2D eigenvalue weighted by Crippen LogP contribution is 2.31. The summed E-state index contributed by atoms with van der Waals surface area (Å²) >= 11 is 0. The highest BCUT2D eigenvalue weighted by molar-refractivity contribution is 6.08. The number of hydrogen-bond donors (Lipinski definition) is 1. The molecule has 1 amide bonds. The largest absolute Gasteiger partial charge is 0.485 e. The van der Waals surface area contributed by atoms with Gasteiger partial charge < -0.3 is 19.5 Å². The van der Waals surface area contributed by atoms with E-state index in [0.29, 0.717) is 30.3 Å². The first-order valence-corrected chi connectivity index (χ1v) is 13.4. The van der Waals surface area contributed by atoms with Crippen molar-refractivity contribution < 1.29 is 23.8 Å². The molecule has 5 rings (SSSR count). The summed E-state index contributed by atoms with van der Waals surface area (Å²) in [6.45, 7) is 0.734. The molecule has 0 aromatic heterocycles. The molecule has 0 unspecified atom stereocenters. The molecule has 0 spiro atoms. The molecule has 1 atom stereocenters. The van der Waals surface area contributed by atoms with Crippen LogP contribution in [-0.2, 0) is 29.2 Å². The summed E-state index contributed by atoms with van der Waals surface area (Å²) < 4.78 is 17.4. The summed E-state index contributed by atoms with van der Waals surface area (Å²) in [7, 11) is 1.31. The first kappa shape index (κ1) is 27.5. The fourth-order valence-electron chi connectivity index (χ4n) is 4.61. The quantitative estimate of drug-likeness (QED) is 0.192. The van der Waals surface area contributed by atoms with Crippen LogP contribution in [-0.4, -0.2) is 25.0 Å². The predicted octanol–water partition coefficient (Wildman–Crippen LogP) is 6.51. The Morgan fingerprint density at radius 3 is 1.95 bits per heavy atom. The predicted molar refractivity (Wildman–Crippen MR) is 159 cm³/mol. The Hall–Kier alpha value is -5.10. The Morgan fingerprint density at radius 1 is 0.659 bits per heavy atom. The van der Waals surface area contributed by atoms with Gasteiger partial charge in [-0.15, -0.1) is 0 Å². The van der Waals surface area contributed by atoms with Gasteiger partial charge in [-0.1, -0.05) is 103 Å². The van der Waals surface area contributed by atoms with Crippen LogP contribution in [0.3, 0.4) is 0 Å². The van der Waals surface area contributed by atoms with E-state index in [-0.39, 0.29) is 12.3 Å². The molecular weight excluding hydrogens is 514 g/mol. The zero-order valence-electron chi connectivity index (χ0n) is 22.8. The van der Waals surface area contributed by atoms with Gasteiger partial charge in [0.15, 0.2) is 11.5 Å². The Balaban J connectivity index is 1.37. The molecule has 206 valence electrons. The minimum absolute atomic E-state index is 0.212. The number of rotatable bonds is 11. The second kappa shape index (κ2) is 13.3. The molecule has 0 bridgehead atoms. The topological polar surface area (TPSA) is 73.9 Å². The van der Waals surface area contributed by atoms with E-state index in [1.165, 1.54) is 7.11 Å². The smallest absolute Gasteiger partial charge is 0.328 e. The van der Waals surface area contributed by atoms with Crippen molar-refractivity contribution in [2.45, 2.75) is 25.7 Å². The van der Waals surface area contributed by atoms with Crippen molar-refractivity contribution >= 4 is 22.6 Å². The maximum Gasteiger partial charge on any atom is 0.328 e. The highest BCUT2D eigenvalue weighted by atomic mass is 16.5. The Bertz CT molecular complexity index is 1610. The van der Waals surface area contributed by atoms with Gasteiger partial charge in [-0.25, -0.2) is 4.79 Å². The number of esters is 1. The molecule has 0 saturated carbocycles. The molecule has 0 aliphatic heterocycles. The Morgan fingerprint density at radius 2 is 1.27 bits per heavy atom. The molecule has 0 fully saturated rings. The molecule has 1 N–H and O–H groups in total. The van der Waals surface area contributed by atoms with Gasteiger partial charge in [-0.3, -0.25) is 4.79 Å². The van der Waals surface area contributed by atoms with Gasteiger partial charge in [0.05, 0.1) is 7.11 Å². The highest BCUT2D eigenvalue weighted by Gasteiger charge is 2.24. The number of carbonyl (C=O) groups excluding carboxylic acids is 2. The van der Waals surface area contributed by atoms with E-state index in [1.54, 1.807) is 6.07 Å². The number of amides is 1. The number of benzene rings is 5. The molecule has 6 heteroatoms. The number of carbonyl (C=O) groups is 2. The monoisotopic (exact) mass is 545 g/mol. The van der Waals surface area contributed by atoms with Crippen LogP contribution in [0.1, 0.15) is 27.0 Å². The summed E-state index contributed by atoms with van der Waals surface area (Å²) in [6, 6.07) is 37.6. The van der Waals surface area contributed by atoms with Crippen molar-refractivity contribution in [3.63, 3.8) is 0 Å². The first-order chi connectivity index (χ1) is 20.1. The summed E-state index contributed by atoms with van der Waals surface area (Å²) in [5.41, 5.74) is 3.33. The van der Waals surface area contributed by atoms with Gasteiger partial charge >= 0.3 is 5.97 Å². The molecule has 5 aromatic carbocycles. The number of hydrogen-bond acceptors (Lipinski definition) is 5. The molecule has 6 nitrogen and oxygen atoms in total. The van der Waals surface area contributed by atoms with Crippen molar-refractivity contribution in [3.05, 3.63) is 144 Å². The van der Waals surface area contributed by atoms with Crippen LogP contribution >= 0.6 is 0 Å². The maximum atomic E-state index is 13.3. The van der Waals surface area contributed by atoms with E-state index < -0.39 is 12.0 Å². The van der Waals surface area contributed by atoms with E-state index in [2.05, 4.69) is 5.32 Å². The van der Waals surface area contributed by atoms with Gasteiger partial charge in [0.25, 0.3) is 5.91 Å². The number of ether oxygens (including phenoxy) is 3. The Kier molecular flexibility index (Phi) is 8.91. The van der Waals surface area contributed by atoms with E-state index >= 15 is 0 Å². The fraction of sp³-hybridized carbons (Fsp3) is 0.143. The normalized spacial score (nSPS) is 11.4. The minimum Gasteiger partial charge on any atom is -0.485 e. The number of fused-ring (bicyclic) bond motifs is 1. The lowest BCUT2D eigenvalue weighted by Crippen LogP contribution is -2.43. The fourth-order valence-corrected chi connectivity index (χ4v) is 4.61. The third-order valence-electron chi connectivity index (χ3n) is 6.75. The second-order valence-electron chi connectivity index (χ2n) is 9.61. The lowest BCUT2D eigenvalue weighted by atomic mass is 10.0. The van der Waals surface area contributed by atoms with Gasteiger partial charge in [-0.05, 0) is 45.7 Å². The number of nitrogens with one attached hydrogen (secondary N) is 1. The molecule has 0 aliphatic rings. The minimum atomic E-state index is -0.899. The van der Waals surface area contributed by atoms with Crippen LogP contribution in [0, 0.1) is 0 Å². The lowest BCUT2D eigenvalue weighted by molar-refractivity contribution is -0.142. The zero-order chi connectivity index (χ0) is 28.4. The second-order valence-corrected chi connectivity index (χ2v) is 9.61. The van der Waals surface area contributed by atoms with Crippen LogP contribution in [0.4, 0.5) is 0 Å². The molecule has 41 heavy (non-hydrogen) atoms. The first-order valence-electron chi connectivity index (χ1n) is 13.4. The van der Waals surface area contributed by atoms with Crippen LogP contribution in [0.25, 0.3) is 10.8 Å². The summed E-state index contributed by atoms with van der Waals surface area (Å²) in [6.07, 6.45) is 0.212. The van der Waals surface area contributed by atoms with Gasteiger partial charge in [0.1, 0.15) is 19.3 Å². The van der Waals surface area contributed by atoms with Crippen molar-refractivity contribution in [3.8, 4) is 11.5 Å². The summed E-state index contributed by atoms with van der Waals surface area (Å²) in [5.74, 6) is 0.254. The van der Waals surface area contributed by atoms with E-state index in [0.717, 1.165) is 27.5 Å². The van der Waals surface area contributed by atoms with Gasteiger partial charge in [0, 0.05) is 12.0 Å². The summed E-state index contributed by atoms with van der Waals surface area (Å²) in [4.78, 5) is 26.1. The van der Waals surface area contributed by atoms with Crippen LogP contribution < -0.4 is 14.8 Å². The van der Waals surface area contributed by atoms with Crippen molar-refractivity contribution in [2.75, 3.05) is 7.11 Å². The van der Waals surface area contributed by atoms with Crippen molar-refractivity contribution in [1.82, 2.24) is 5.32 Å². The molecule has 0 saturated heterocycles. The van der Waals surface area contributed by atoms with E-state index in [9.17, 15) is 9.59 Å². The average molecular weight is 546 g/mol. The molecule has 5 aromatic rings. The van der Waals surface area contributed by atoms with Crippen molar-refractivity contribution in [2.24, 2.45) is 0 Å². The maximum absolute atomic E-state index is 13.3. The van der Waals surface area contributed by atoms with E-state index in [4.69, 9.17) is 14.2 Å². The average Bonchev–Trinajstić information content (AvgIpc) is 3.03. The Labute approximate surface area is 239 Å². The molecule has 0 aliphatic carbocycles.